The molecule has 0 saturated heterocycles. The van der Waals surface area contributed by atoms with Crippen LogP contribution in [0.15, 0.2) is 18.2 Å². The highest BCUT2D eigenvalue weighted by Gasteiger charge is 2.06. The van der Waals surface area contributed by atoms with Gasteiger partial charge in [0.15, 0.2) is 0 Å². The van der Waals surface area contributed by atoms with Crippen LogP contribution in [0.25, 0.3) is 0 Å². The van der Waals surface area contributed by atoms with Crippen LogP contribution in [-0.2, 0) is 4.79 Å². The maximum atomic E-state index is 11.6. The third-order valence-corrected chi connectivity index (χ3v) is 3.41. The van der Waals surface area contributed by atoms with Crippen molar-refractivity contribution in [3.8, 4) is 0 Å². The van der Waals surface area contributed by atoms with Crippen LogP contribution >= 0.6 is 23.4 Å². The van der Waals surface area contributed by atoms with Gasteiger partial charge in [-0.2, -0.15) is 0 Å². The van der Waals surface area contributed by atoms with Gasteiger partial charge in [0.25, 0.3) is 0 Å². The Kier molecular flexibility index (Phi) is 5.71. The summed E-state index contributed by atoms with van der Waals surface area (Å²) in [5, 5.41) is 3.48. The van der Waals surface area contributed by atoms with Gasteiger partial charge in [0.1, 0.15) is 0 Å². The molecule has 0 aliphatic heterocycles. The number of rotatable bonds is 5. The first-order chi connectivity index (χ1) is 7.65. The second-order valence-electron chi connectivity index (χ2n) is 3.58. The van der Waals surface area contributed by atoms with Crippen LogP contribution < -0.4 is 5.32 Å². The highest BCUT2D eigenvalue weighted by atomic mass is 35.5. The van der Waals surface area contributed by atoms with E-state index in [1.54, 1.807) is 11.8 Å². The number of hydrogen-bond acceptors (Lipinski definition) is 2. The second-order valence-corrected chi connectivity index (χ2v) is 5.27. The molecule has 0 fully saturated rings. The van der Waals surface area contributed by atoms with Crippen molar-refractivity contribution in [2.75, 3.05) is 16.3 Å². The van der Waals surface area contributed by atoms with E-state index in [1.807, 2.05) is 32.0 Å². The van der Waals surface area contributed by atoms with Gasteiger partial charge in [0.05, 0.1) is 5.21 Å². The van der Waals surface area contributed by atoms with E-state index in [-0.39, 0.29) is 5.91 Å². The lowest BCUT2D eigenvalue weighted by molar-refractivity contribution is -0.115. The van der Waals surface area contributed by atoms with E-state index in [4.69, 9.17) is 11.6 Å². The number of carbonyl (C=O) groups is 1. The third-order valence-electron chi connectivity index (χ3n) is 2.30. The number of aryl methyl sites for hydroxylation is 2. The Labute approximate surface area is 106 Å². The number of benzene rings is 1. The van der Waals surface area contributed by atoms with E-state index in [1.165, 1.54) is 0 Å². The Morgan fingerprint density at radius 3 is 2.56 bits per heavy atom. The van der Waals surface area contributed by atoms with E-state index < -0.39 is 0 Å². The number of thioether (sulfide) groups is 1. The Balaban J connectivity index is 2.56. The molecule has 1 aromatic rings. The number of nitrogens with one attached hydrogen (secondary N) is 1. The van der Waals surface area contributed by atoms with Gasteiger partial charge in [-0.25, -0.2) is 0 Å². The minimum absolute atomic E-state index is 0.0509. The molecular weight excluding hydrogens is 242 g/mol. The SMILES string of the molecule is Cc1cccc(C)c1NC(=O)CCSCCl. The summed E-state index contributed by atoms with van der Waals surface area (Å²) in [4.78, 5) is 11.6. The molecule has 1 rings (SSSR count). The molecule has 88 valence electrons. The lowest BCUT2D eigenvalue weighted by atomic mass is 10.1. The molecule has 0 aliphatic carbocycles. The molecule has 0 aromatic heterocycles. The summed E-state index contributed by atoms with van der Waals surface area (Å²) >= 11 is 7.09. The smallest absolute Gasteiger partial charge is 0.225 e. The normalized spacial score (nSPS) is 10.2. The van der Waals surface area contributed by atoms with Gasteiger partial charge in [-0.05, 0) is 25.0 Å². The van der Waals surface area contributed by atoms with Gasteiger partial charge in [0.2, 0.25) is 5.91 Å². The fourth-order valence-corrected chi connectivity index (χ4v) is 2.20. The Morgan fingerprint density at radius 2 is 2.00 bits per heavy atom. The molecule has 4 heteroatoms. The number of anilines is 1. The minimum Gasteiger partial charge on any atom is -0.326 e. The summed E-state index contributed by atoms with van der Waals surface area (Å²) in [5.74, 6) is 0.815. The fourth-order valence-electron chi connectivity index (χ4n) is 1.43. The van der Waals surface area contributed by atoms with Gasteiger partial charge in [-0.15, -0.1) is 23.4 Å². The van der Waals surface area contributed by atoms with Crippen molar-refractivity contribution in [3.63, 3.8) is 0 Å². The predicted molar refractivity (Wildman–Crippen MR) is 72.3 cm³/mol. The standard InChI is InChI=1S/C12H16ClNOS/c1-9-4-3-5-10(2)12(9)14-11(15)6-7-16-8-13/h3-5H,6-8H2,1-2H3,(H,14,15). The number of hydrogen-bond donors (Lipinski definition) is 1. The van der Waals surface area contributed by atoms with Crippen LogP contribution in [-0.4, -0.2) is 16.9 Å². The maximum Gasteiger partial charge on any atom is 0.225 e. The van der Waals surface area contributed by atoms with Crippen LogP contribution in [0.5, 0.6) is 0 Å². The summed E-state index contributed by atoms with van der Waals surface area (Å²) in [7, 11) is 0. The summed E-state index contributed by atoms with van der Waals surface area (Å²) in [5.41, 5.74) is 3.13. The second kappa shape index (κ2) is 6.81. The molecule has 2 nitrogen and oxygen atoms in total. The largest absolute Gasteiger partial charge is 0.326 e. The number of halogens is 1. The molecule has 0 aliphatic rings. The summed E-state index contributed by atoms with van der Waals surface area (Å²) in [6, 6.07) is 5.98. The number of carbonyl (C=O) groups excluding carboxylic acids is 1. The minimum atomic E-state index is 0.0509. The molecule has 0 heterocycles. The average molecular weight is 258 g/mol. The van der Waals surface area contributed by atoms with Crippen LogP contribution in [0.2, 0.25) is 0 Å². The van der Waals surface area contributed by atoms with Crippen molar-refractivity contribution in [3.05, 3.63) is 29.3 Å². The monoisotopic (exact) mass is 257 g/mol. The highest BCUT2D eigenvalue weighted by Crippen LogP contribution is 2.19. The highest BCUT2D eigenvalue weighted by molar-refractivity contribution is 8.00. The van der Waals surface area contributed by atoms with Crippen LogP contribution in [0.1, 0.15) is 17.5 Å². The van der Waals surface area contributed by atoms with Crippen molar-refractivity contribution < 1.29 is 4.79 Å². The molecule has 0 saturated carbocycles. The number of amides is 1. The zero-order valence-electron chi connectivity index (χ0n) is 9.55. The van der Waals surface area contributed by atoms with Crippen LogP contribution in [0.4, 0.5) is 5.69 Å². The maximum absolute atomic E-state index is 11.6. The van der Waals surface area contributed by atoms with Gasteiger partial charge in [0, 0.05) is 17.9 Å². The van der Waals surface area contributed by atoms with Gasteiger partial charge < -0.3 is 5.32 Å². The first-order valence-electron chi connectivity index (χ1n) is 5.15. The molecule has 0 spiro atoms. The molecule has 0 unspecified atom stereocenters. The summed E-state index contributed by atoms with van der Waals surface area (Å²) in [6.07, 6.45) is 0.505. The summed E-state index contributed by atoms with van der Waals surface area (Å²) in [6.45, 7) is 3.99. The molecule has 1 amide bonds. The first kappa shape index (κ1) is 13.4. The van der Waals surface area contributed by atoms with E-state index in [9.17, 15) is 4.79 Å². The zero-order valence-corrected chi connectivity index (χ0v) is 11.1. The fraction of sp³-hybridized carbons (Fsp3) is 0.417. The van der Waals surface area contributed by atoms with E-state index in [0.29, 0.717) is 11.6 Å². The van der Waals surface area contributed by atoms with Crippen molar-refractivity contribution in [1.82, 2.24) is 0 Å². The van der Waals surface area contributed by atoms with Gasteiger partial charge in [-0.1, -0.05) is 18.2 Å². The van der Waals surface area contributed by atoms with Crippen molar-refractivity contribution in [2.45, 2.75) is 20.3 Å². The van der Waals surface area contributed by atoms with E-state index in [0.717, 1.165) is 22.6 Å². The topological polar surface area (TPSA) is 29.1 Å². The zero-order chi connectivity index (χ0) is 12.0. The van der Waals surface area contributed by atoms with Gasteiger partial charge in [-0.3, -0.25) is 4.79 Å². The molecule has 0 atom stereocenters. The lowest BCUT2D eigenvalue weighted by Crippen LogP contribution is -2.14. The Bertz CT molecular complexity index is 348. The predicted octanol–water partition coefficient (Wildman–Crippen LogP) is 3.56. The molecule has 0 radical (unpaired) electrons. The average Bonchev–Trinajstić information content (AvgIpc) is 2.24. The van der Waals surface area contributed by atoms with E-state index >= 15 is 0 Å². The lowest BCUT2D eigenvalue weighted by Gasteiger charge is -2.11. The third kappa shape index (κ3) is 4.06. The number of alkyl halides is 1. The number of para-hydroxylation sites is 1. The van der Waals surface area contributed by atoms with Crippen molar-refractivity contribution in [1.29, 1.82) is 0 Å². The van der Waals surface area contributed by atoms with E-state index in [2.05, 4.69) is 5.32 Å². The van der Waals surface area contributed by atoms with Crippen molar-refractivity contribution >= 4 is 35.0 Å². The molecule has 16 heavy (non-hydrogen) atoms. The van der Waals surface area contributed by atoms with Crippen molar-refractivity contribution in [2.24, 2.45) is 0 Å². The van der Waals surface area contributed by atoms with Crippen LogP contribution in [0, 0.1) is 13.8 Å². The molecule has 1 aromatic carbocycles. The molecular formula is C12H16ClNOS. The Hall–Kier alpha value is -0.670. The molecule has 1 N–H and O–H groups in total. The van der Waals surface area contributed by atoms with Crippen LogP contribution in [0.3, 0.4) is 0 Å². The van der Waals surface area contributed by atoms with Gasteiger partial charge >= 0.3 is 0 Å². The Morgan fingerprint density at radius 1 is 1.38 bits per heavy atom. The molecule has 0 bridgehead atoms. The summed E-state index contributed by atoms with van der Waals surface area (Å²) < 4.78 is 0. The first-order valence-corrected chi connectivity index (χ1v) is 6.84. The quantitative estimate of drug-likeness (QED) is 0.646.